The van der Waals surface area contributed by atoms with Crippen LogP contribution in [0.3, 0.4) is 0 Å². The minimum absolute atomic E-state index is 0.132. The van der Waals surface area contributed by atoms with E-state index in [9.17, 15) is 4.79 Å². The van der Waals surface area contributed by atoms with Crippen LogP contribution in [0.25, 0.3) is 22.4 Å². The minimum Gasteiger partial charge on any atom is -0.314 e. The van der Waals surface area contributed by atoms with Gasteiger partial charge in [0.2, 0.25) is 0 Å². The third-order valence-corrected chi connectivity index (χ3v) is 3.85. The van der Waals surface area contributed by atoms with Crippen molar-refractivity contribution in [1.29, 1.82) is 0 Å². The average Bonchev–Trinajstić information content (AvgIpc) is 2.85. The summed E-state index contributed by atoms with van der Waals surface area (Å²) in [6.07, 6.45) is 0. The zero-order chi connectivity index (χ0) is 15.0. The summed E-state index contributed by atoms with van der Waals surface area (Å²) in [4.78, 5) is 16.6. The number of aryl methyl sites for hydroxylation is 1. The summed E-state index contributed by atoms with van der Waals surface area (Å²) in [5.41, 5.74) is 4.14. The highest BCUT2D eigenvalue weighted by atomic mass is 16.1. The molecule has 3 nitrogen and oxygen atoms in total. The molecule has 1 atom stereocenters. The molecule has 106 valence electrons. The zero-order valence-corrected chi connectivity index (χ0v) is 12.5. The lowest BCUT2D eigenvalue weighted by atomic mass is 10.1. The van der Waals surface area contributed by atoms with Crippen LogP contribution in [-0.4, -0.2) is 15.3 Å². The van der Waals surface area contributed by atoms with Gasteiger partial charge >= 0.3 is 0 Å². The van der Waals surface area contributed by atoms with Gasteiger partial charge in [-0.2, -0.15) is 0 Å². The van der Waals surface area contributed by atoms with Gasteiger partial charge in [0.15, 0.2) is 5.78 Å². The van der Waals surface area contributed by atoms with Gasteiger partial charge in [-0.3, -0.25) is 4.79 Å². The first-order valence-electron chi connectivity index (χ1n) is 7.12. The Morgan fingerprint density at radius 1 is 1.14 bits per heavy atom. The van der Waals surface area contributed by atoms with Crippen molar-refractivity contribution in [3.63, 3.8) is 0 Å². The van der Waals surface area contributed by atoms with E-state index in [0.29, 0.717) is 0 Å². The predicted molar refractivity (Wildman–Crippen MR) is 85.3 cm³/mol. The molecule has 0 amide bonds. The smallest absolute Gasteiger partial charge is 0.152 e. The van der Waals surface area contributed by atoms with Gasteiger partial charge in [-0.1, -0.05) is 35.9 Å². The number of benzene rings is 2. The lowest BCUT2D eigenvalue weighted by Crippen LogP contribution is -2.14. The molecule has 21 heavy (non-hydrogen) atoms. The van der Waals surface area contributed by atoms with E-state index in [1.807, 2.05) is 47.9 Å². The number of rotatable bonds is 3. The van der Waals surface area contributed by atoms with Crippen molar-refractivity contribution >= 4 is 16.8 Å². The molecule has 0 radical (unpaired) electrons. The van der Waals surface area contributed by atoms with Crippen LogP contribution in [0.15, 0.2) is 48.5 Å². The van der Waals surface area contributed by atoms with E-state index >= 15 is 0 Å². The molecule has 0 fully saturated rings. The van der Waals surface area contributed by atoms with Gasteiger partial charge in [0.05, 0.1) is 17.1 Å². The summed E-state index contributed by atoms with van der Waals surface area (Å²) in [5.74, 6) is 0.981. The molecule has 3 heteroatoms. The molecule has 1 unspecified atom stereocenters. The summed E-state index contributed by atoms with van der Waals surface area (Å²) in [6, 6.07) is 15.9. The summed E-state index contributed by atoms with van der Waals surface area (Å²) in [7, 11) is 0. The Morgan fingerprint density at radius 2 is 1.90 bits per heavy atom. The van der Waals surface area contributed by atoms with Gasteiger partial charge in [0.25, 0.3) is 0 Å². The van der Waals surface area contributed by atoms with Crippen molar-refractivity contribution < 1.29 is 4.79 Å². The van der Waals surface area contributed by atoms with E-state index in [-0.39, 0.29) is 11.8 Å². The van der Waals surface area contributed by atoms with E-state index in [1.54, 1.807) is 6.92 Å². The summed E-state index contributed by atoms with van der Waals surface area (Å²) in [5, 5.41) is 0. The Kier molecular flexibility index (Phi) is 3.34. The molecular weight excluding hydrogens is 260 g/mol. The van der Waals surface area contributed by atoms with E-state index in [0.717, 1.165) is 22.4 Å². The molecule has 0 aliphatic carbocycles. The van der Waals surface area contributed by atoms with Crippen molar-refractivity contribution in [2.75, 3.05) is 0 Å². The largest absolute Gasteiger partial charge is 0.314 e. The first-order chi connectivity index (χ1) is 10.1. The molecule has 0 spiro atoms. The summed E-state index contributed by atoms with van der Waals surface area (Å²) < 4.78 is 2.03. The highest BCUT2D eigenvalue weighted by Gasteiger charge is 2.19. The van der Waals surface area contributed by atoms with Crippen molar-refractivity contribution in [3.8, 4) is 11.4 Å². The topological polar surface area (TPSA) is 34.9 Å². The first-order valence-corrected chi connectivity index (χ1v) is 7.12. The predicted octanol–water partition coefficient (Wildman–Crippen LogP) is 4.16. The maximum absolute atomic E-state index is 11.9. The van der Waals surface area contributed by atoms with Crippen LogP contribution in [0.5, 0.6) is 0 Å². The Labute approximate surface area is 124 Å². The fourth-order valence-corrected chi connectivity index (χ4v) is 2.61. The van der Waals surface area contributed by atoms with Gasteiger partial charge in [0.1, 0.15) is 5.82 Å². The molecule has 3 rings (SSSR count). The Balaban J connectivity index is 2.31. The minimum atomic E-state index is -0.229. The Bertz CT molecular complexity index is 817. The number of hydrogen-bond donors (Lipinski definition) is 0. The lowest BCUT2D eigenvalue weighted by molar-refractivity contribution is -0.119. The number of hydrogen-bond acceptors (Lipinski definition) is 2. The molecule has 0 aliphatic heterocycles. The molecule has 1 aromatic heterocycles. The quantitative estimate of drug-likeness (QED) is 0.721. The van der Waals surface area contributed by atoms with E-state index in [2.05, 4.69) is 19.1 Å². The summed E-state index contributed by atoms with van der Waals surface area (Å²) >= 11 is 0. The molecule has 1 heterocycles. The lowest BCUT2D eigenvalue weighted by Gasteiger charge is -2.15. The van der Waals surface area contributed by atoms with E-state index in [4.69, 9.17) is 4.98 Å². The SMILES string of the molecule is CC(=O)C(C)n1c(-c2cccc(C)c2)nc2ccccc21. The van der Waals surface area contributed by atoms with Crippen LogP contribution in [0.4, 0.5) is 0 Å². The highest BCUT2D eigenvalue weighted by Crippen LogP contribution is 2.29. The number of nitrogens with zero attached hydrogens (tertiary/aromatic N) is 2. The summed E-state index contributed by atoms with van der Waals surface area (Å²) in [6.45, 7) is 5.61. The van der Waals surface area contributed by atoms with Crippen LogP contribution in [-0.2, 0) is 4.79 Å². The third kappa shape index (κ3) is 2.35. The van der Waals surface area contributed by atoms with Crippen LogP contribution >= 0.6 is 0 Å². The van der Waals surface area contributed by atoms with Gasteiger partial charge < -0.3 is 4.57 Å². The van der Waals surface area contributed by atoms with Crippen LogP contribution in [0, 0.1) is 6.92 Å². The molecule has 0 aliphatic rings. The van der Waals surface area contributed by atoms with Crippen molar-refractivity contribution in [3.05, 3.63) is 54.1 Å². The molecule has 3 aromatic rings. The molecule has 0 saturated heterocycles. The normalized spacial score (nSPS) is 12.5. The highest BCUT2D eigenvalue weighted by molar-refractivity contribution is 5.86. The molecular formula is C18H18N2O. The first kappa shape index (κ1) is 13.6. The third-order valence-electron chi connectivity index (χ3n) is 3.85. The second-order valence-corrected chi connectivity index (χ2v) is 5.45. The second-order valence-electron chi connectivity index (χ2n) is 5.45. The standard InChI is InChI=1S/C18H18N2O/c1-12-7-6-8-15(11-12)18-19-16-9-4-5-10-17(16)20(18)13(2)14(3)21/h4-11,13H,1-3H3. The van der Waals surface area contributed by atoms with Crippen molar-refractivity contribution in [2.24, 2.45) is 0 Å². The number of carbonyl (C=O) groups excluding carboxylic acids is 1. The Morgan fingerprint density at radius 3 is 2.62 bits per heavy atom. The molecule has 2 aromatic carbocycles. The fourth-order valence-electron chi connectivity index (χ4n) is 2.61. The average molecular weight is 278 g/mol. The number of carbonyl (C=O) groups is 1. The fraction of sp³-hybridized carbons (Fsp3) is 0.222. The van der Waals surface area contributed by atoms with Gasteiger partial charge in [0, 0.05) is 5.56 Å². The number of imidazole rings is 1. The van der Waals surface area contributed by atoms with E-state index < -0.39 is 0 Å². The zero-order valence-electron chi connectivity index (χ0n) is 12.5. The van der Waals surface area contributed by atoms with Crippen molar-refractivity contribution in [2.45, 2.75) is 26.8 Å². The maximum Gasteiger partial charge on any atom is 0.152 e. The van der Waals surface area contributed by atoms with Crippen LogP contribution < -0.4 is 0 Å². The van der Waals surface area contributed by atoms with Crippen LogP contribution in [0.2, 0.25) is 0 Å². The van der Waals surface area contributed by atoms with E-state index in [1.165, 1.54) is 5.56 Å². The number of para-hydroxylation sites is 2. The molecule has 0 saturated carbocycles. The second kappa shape index (κ2) is 5.17. The number of ketones is 1. The van der Waals surface area contributed by atoms with Gasteiger partial charge in [-0.05, 0) is 39.0 Å². The molecule has 0 bridgehead atoms. The molecule has 0 N–H and O–H groups in total. The number of Topliss-reactive ketones (excluding diaryl/α,β-unsaturated/α-hetero) is 1. The number of fused-ring (bicyclic) bond motifs is 1. The van der Waals surface area contributed by atoms with Crippen LogP contribution in [0.1, 0.15) is 25.5 Å². The van der Waals surface area contributed by atoms with Gasteiger partial charge in [-0.25, -0.2) is 4.98 Å². The Hall–Kier alpha value is -2.42. The van der Waals surface area contributed by atoms with Crippen molar-refractivity contribution in [1.82, 2.24) is 9.55 Å². The van der Waals surface area contributed by atoms with Gasteiger partial charge in [-0.15, -0.1) is 0 Å². The monoisotopic (exact) mass is 278 g/mol. The maximum atomic E-state index is 11.9. The number of aromatic nitrogens is 2.